The van der Waals surface area contributed by atoms with E-state index in [2.05, 4.69) is 59.3 Å². The Morgan fingerprint density at radius 1 is 0.925 bits per heavy atom. The van der Waals surface area contributed by atoms with Gasteiger partial charge in [-0.05, 0) is 81.2 Å². The Kier molecular flexibility index (Phi) is 8.89. The zero-order chi connectivity index (χ0) is 28.2. The van der Waals surface area contributed by atoms with Crippen molar-refractivity contribution in [3.63, 3.8) is 0 Å². The molecule has 3 aliphatic rings. The summed E-state index contributed by atoms with van der Waals surface area (Å²) in [5.74, 6) is -0.361. The number of nitrogens with zero attached hydrogens (tertiary/aromatic N) is 1. The number of carbonyl (C=O) groups is 3. The van der Waals surface area contributed by atoms with Gasteiger partial charge in [0.1, 0.15) is 12.1 Å². The van der Waals surface area contributed by atoms with Crippen molar-refractivity contribution in [2.24, 2.45) is 5.92 Å². The third-order valence-electron chi connectivity index (χ3n) is 9.27. The third kappa shape index (κ3) is 6.09. The monoisotopic (exact) mass is 544 g/mol. The van der Waals surface area contributed by atoms with Crippen LogP contribution in [0, 0.1) is 12.8 Å². The van der Waals surface area contributed by atoms with Gasteiger partial charge in [-0.2, -0.15) is 0 Å². The molecule has 1 fully saturated rings. The summed E-state index contributed by atoms with van der Waals surface area (Å²) in [5.41, 5.74) is 5.79. The minimum atomic E-state index is -0.638. The van der Waals surface area contributed by atoms with E-state index in [1.165, 1.54) is 11.1 Å². The van der Waals surface area contributed by atoms with Gasteiger partial charge in [-0.3, -0.25) is 14.4 Å². The molecule has 1 saturated carbocycles. The molecule has 3 N–H and O–H groups in total. The molecule has 7 heteroatoms. The first kappa shape index (κ1) is 28.3. The van der Waals surface area contributed by atoms with Gasteiger partial charge in [0.25, 0.3) is 0 Å². The van der Waals surface area contributed by atoms with Crippen LogP contribution in [0.3, 0.4) is 0 Å². The second kappa shape index (κ2) is 12.5. The zero-order valence-electron chi connectivity index (χ0n) is 24.2. The lowest BCUT2D eigenvalue weighted by Gasteiger charge is -2.41. The molecule has 2 aliphatic carbocycles. The van der Waals surface area contributed by atoms with E-state index in [1.807, 2.05) is 6.07 Å². The van der Waals surface area contributed by atoms with Gasteiger partial charge in [-0.15, -0.1) is 0 Å². The first-order chi connectivity index (χ1) is 19.4. The lowest BCUT2D eigenvalue weighted by Crippen LogP contribution is -2.60. The number of fused-ring (bicyclic) bond motifs is 2. The number of likely N-dealkylation sites (N-methyl/N-ethyl adjacent to an activating group) is 1. The van der Waals surface area contributed by atoms with Crippen LogP contribution >= 0.6 is 0 Å². The molecule has 0 spiro atoms. The third-order valence-corrected chi connectivity index (χ3v) is 9.27. The van der Waals surface area contributed by atoms with Crippen LogP contribution in [-0.4, -0.2) is 47.8 Å². The van der Waals surface area contributed by atoms with Crippen molar-refractivity contribution in [3.05, 3.63) is 70.3 Å². The highest BCUT2D eigenvalue weighted by molar-refractivity contribution is 5.94. The molecule has 1 aliphatic heterocycles. The Balaban J connectivity index is 1.45. The second-order valence-electron chi connectivity index (χ2n) is 12.0. The molecule has 0 bridgehead atoms. The summed E-state index contributed by atoms with van der Waals surface area (Å²) in [6.07, 6.45) is 8.49. The van der Waals surface area contributed by atoms with Crippen LogP contribution in [0.25, 0.3) is 0 Å². The summed E-state index contributed by atoms with van der Waals surface area (Å²) >= 11 is 0. The number of nitrogens with one attached hydrogen (secondary N) is 3. The van der Waals surface area contributed by atoms with E-state index >= 15 is 0 Å². The first-order valence-corrected chi connectivity index (χ1v) is 15.1. The van der Waals surface area contributed by atoms with Gasteiger partial charge >= 0.3 is 0 Å². The molecule has 5 rings (SSSR count). The first-order valence-electron chi connectivity index (χ1n) is 15.1. The normalized spacial score (nSPS) is 22.4. The Labute approximate surface area is 238 Å². The van der Waals surface area contributed by atoms with Crippen LogP contribution in [0.2, 0.25) is 0 Å². The van der Waals surface area contributed by atoms with Gasteiger partial charge in [0.2, 0.25) is 17.7 Å². The smallest absolute Gasteiger partial charge is 0.246 e. The molecule has 7 nitrogen and oxygen atoms in total. The summed E-state index contributed by atoms with van der Waals surface area (Å²) in [7, 11) is 1.75. The standard InChI is InChI=1S/C33H44N4O3/c1-21-16-17-25-19-29(32(39)35-28-15-9-13-23-10-7-8-14-27(23)28)37(20-26(25)18-21)33(40)30(24-11-5-4-6-12-24)36-31(38)22(2)34-3/h7-8,10,14,16-18,22,24,28-30,34H,4-6,9,11-13,15,19-20H2,1-3H3,(H,35,39)(H,36,38)/t22-,28-,29-,30-/m0/s1. The lowest BCUT2D eigenvalue weighted by molar-refractivity contribution is -0.146. The maximum absolute atomic E-state index is 14.5. The number of carbonyl (C=O) groups excluding carboxylic acids is 3. The van der Waals surface area contributed by atoms with E-state index in [4.69, 9.17) is 0 Å². The van der Waals surface area contributed by atoms with Crippen molar-refractivity contribution >= 4 is 17.7 Å². The number of hydrogen-bond donors (Lipinski definition) is 3. The van der Waals surface area contributed by atoms with Crippen LogP contribution in [0.5, 0.6) is 0 Å². The molecule has 0 aromatic heterocycles. The van der Waals surface area contributed by atoms with Crippen molar-refractivity contribution < 1.29 is 14.4 Å². The summed E-state index contributed by atoms with van der Waals surface area (Å²) in [6, 6.07) is 12.9. The summed E-state index contributed by atoms with van der Waals surface area (Å²) in [5, 5.41) is 9.42. The Morgan fingerprint density at radius 2 is 1.70 bits per heavy atom. The number of hydrogen-bond acceptors (Lipinski definition) is 4. The highest BCUT2D eigenvalue weighted by Crippen LogP contribution is 2.33. The quantitative estimate of drug-likeness (QED) is 0.489. The van der Waals surface area contributed by atoms with Crippen LogP contribution in [0.4, 0.5) is 0 Å². The van der Waals surface area contributed by atoms with E-state index in [0.29, 0.717) is 13.0 Å². The number of amides is 3. The molecule has 0 saturated heterocycles. The van der Waals surface area contributed by atoms with Crippen LogP contribution in [0.1, 0.15) is 85.7 Å². The van der Waals surface area contributed by atoms with Gasteiger partial charge in [-0.25, -0.2) is 0 Å². The fourth-order valence-electron chi connectivity index (χ4n) is 6.79. The maximum Gasteiger partial charge on any atom is 0.246 e. The van der Waals surface area contributed by atoms with Gasteiger partial charge in [0.15, 0.2) is 0 Å². The zero-order valence-corrected chi connectivity index (χ0v) is 24.2. The molecule has 40 heavy (non-hydrogen) atoms. The molecule has 2 aromatic rings. The Hall–Kier alpha value is -3.19. The van der Waals surface area contributed by atoms with E-state index in [-0.39, 0.29) is 29.7 Å². The van der Waals surface area contributed by atoms with Crippen LogP contribution in [-0.2, 0) is 33.8 Å². The maximum atomic E-state index is 14.5. The van der Waals surface area contributed by atoms with E-state index in [1.54, 1.807) is 18.9 Å². The minimum Gasteiger partial charge on any atom is -0.347 e. The Morgan fingerprint density at radius 3 is 2.48 bits per heavy atom. The summed E-state index contributed by atoms with van der Waals surface area (Å²) in [4.78, 5) is 43.3. The number of aryl methyl sites for hydroxylation is 2. The second-order valence-corrected chi connectivity index (χ2v) is 12.0. The molecule has 3 amide bonds. The molecule has 1 heterocycles. The van der Waals surface area contributed by atoms with Crippen molar-refractivity contribution in [2.75, 3.05) is 7.05 Å². The number of benzene rings is 2. The summed E-state index contributed by atoms with van der Waals surface area (Å²) < 4.78 is 0. The number of rotatable bonds is 7. The topological polar surface area (TPSA) is 90.5 Å². The SMILES string of the molecule is CN[C@@H](C)C(=O)N[C@H](C(=O)N1Cc2cc(C)ccc2C[C@H]1C(=O)N[C@H]1CCCc2ccccc21)C1CCCCC1. The predicted molar refractivity (Wildman–Crippen MR) is 157 cm³/mol. The van der Waals surface area contributed by atoms with E-state index < -0.39 is 18.1 Å². The average Bonchev–Trinajstić information content (AvgIpc) is 2.98. The van der Waals surface area contributed by atoms with Crippen molar-refractivity contribution in [3.8, 4) is 0 Å². The molecular formula is C33H44N4O3. The Bertz CT molecular complexity index is 1240. The van der Waals surface area contributed by atoms with Crippen molar-refractivity contribution in [1.29, 1.82) is 0 Å². The predicted octanol–water partition coefficient (Wildman–Crippen LogP) is 4.12. The van der Waals surface area contributed by atoms with Crippen molar-refractivity contribution in [1.82, 2.24) is 20.9 Å². The lowest BCUT2D eigenvalue weighted by atomic mass is 9.82. The largest absolute Gasteiger partial charge is 0.347 e. The molecule has 0 radical (unpaired) electrons. The van der Waals surface area contributed by atoms with Gasteiger partial charge in [-0.1, -0.05) is 67.3 Å². The highest BCUT2D eigenvalue weighted by atomic mass is 16.2. The van der Waals surface area contributed by atoms with Crippen LogP contribution < -0.4 is 16.0 Å². The van der Waals surface area contributed by atoms with E-state index in [0.717, 1.165) is 68.1 Å². The van der Waals surface area contributed by atoms with Gasteiger partial charge in [0.05, 0.1) is 12.1 Å². The van der Waals surface area contributed by atoms with E-state index in [9.17, 15) is 14.4 Å². The molecule has 2 aromatic carbocycles. The fraction of sp³-hybridized carbons (Fsp3) is 0.545. The van der Waals surface area contributed by atoms with Gasteiger partial charge in [0, 0.05) is 13.0 Å². The highest BCUT2D eigenvalue weighted by Gasteiger charge is 2.41. The molecule has 0 unspecified atom stereocenters. The molecular weight excluding hydrogens is 500 g/mol. The molecule has 4 atom stereocenters. The van der Waals surface area contributed by atoms with Crippen LogP contribution in [0.15, 0.2) is 42.5 Å². The minimum absolute atomic E-state index is 0.0564. The summed E-state index contributed by atoms with van der Waals surface area (Å²) in [6.45, 7) is 4.22. The van der Waals surface area contributed by atoms with Gasteiger partial charge < -0.3 is 20.9 Å². The van der Waals surface area contributed by atoms with Crippen molar-refractivity contribution in [2.45, 2.75) is 102 Å². The molecule has 214 valence electrons. The fourth-order valence-corrected chi connectivity index (χ4v) is 6.79. The average molecular weight is 545 g/mol.